The van der Waals surface area contributed by atoms with Crippen LogP contribution in [0.4, 0.5) is 0 Å². The molecule has 0 saturated carbocycles. The topological polar surface area (TPSA) is 17.8 Å². The van der Waals surface area contributed by atoms with E-state index in [1.165, 1.54) is 86.8 Å². The van der Waals surface area contributed by atoms with Gasteiger partial charge in [-0.25, -0.2) is 4.98 Å². The minimum Gasteiger partial charge on any atom is -0.309 e. The number of nitrogens with zero attached hydrogens (tertiary/aromatic N) is 2. The molecule has 0 N–H and O–H groups in total. The normalized spacial score (nSPS) is 11.8. The van der Waals surface area contributed by atoms with Gasteiger partial charge in [-0.15, -0.1) is 11.3 Å². The van der Waals surface area contributed by atoms with E-state index in [9.17, 15) is 0 Å². The number of rotatable bonds is 4. The van der Waals surface area contributed by atoms with Gasteiger partial charge in [0.15, 0.2) is 0 Å². The first-order valence-corrected chi connectivity index (χ1v) is 18.5. The molecule has 0 saturated heterocycles. The van der Waals surface area contributed by atoms with Crippen LogP contribution in [0.25, 0.3) is 103 Å². The molecule has 0 atom stereocenters. The Hall–Kier alpha value is -6.55. The van der Waals surface area contributed by atoms with Crippen molar-refractivity contribution >= 4 is 75.7 Å². The van der Waals surface area contributed by atoms with Crippen LogP contribution < -0.4 is 0 Å². The second-order valence-corrected chi connectivity index (χ2v) is 14.5. The predicted molar refractivity (Wildman–Crippen MR) is 223 cm³/mol. The van der Waals surface area contributed by atoms with Crippen LogP contribution in [-0.2, 0) is 0 Å². The van der Waals surface area contributed by atoms with Gasteiger partial charge in [-0.1, -0.05) is 152 Å². The summed E-state index contributed by atoms with van der Waals surface area (Å²) < 4.78 is 3.72. The van der Waals surface area contributed by atoms with E-state index >= 15 is 0 Å². The predicted octanol–water partition coefficient (Wildman–Crippen LogP) is 13.9. The molecule has 2 aromatic heterocycles. The first-order chi connectivity index (χ1) is 25.8. The van der Waals surface area contributed by atoms with E-state index in [1.54, 1.807) is 11.3 Å². The molecule has 0 fully saturated rings. The number of hydrogen-bond donors (Lipinski definition) is 0. The number of benzene rings is 9. The molecule has 2 nitrogen and oxygen atoms in total. The minimum atomic E-state index is 1.03. The van der Waals surface area contributed by atoms with Gasteiger partial charge >= 0.3 is 0 Å². The Balaban J connectivity index is 1.22. The van der Waals surface area contributed by atoms with Crippen molar-refractivity contribution in [3.63, 3.8) is 0 Å². The molecule has 0 aliphatic carbocycles. The van der Waals surface area contributed by atoms with Crippen molar-refractivity contribution in [3.05, 3.63) is 182 Å². The lowest BCUT2D eigenvalue weighted by Gasteiger charge is -2.15. The summed E-state index contributed by atoms with van der Waals surface area (Å²) in [5.41, 5.74) is 10.5. The Morgan fingerprint density at radius 2 is 1.02 bits per heavy atom. The molecule has 0 unspecified atom stereocenters. The molecule has 9 aromatic carbocycles. The number of hydrogen-bond acceptors (Lipinski definition) is 2. The highest BCUT2D eigenvalue weighted by Crippen LogP contribution is 2.44. The van der Waals surface area contributed by atoms with Gasteiger partial charge < -0.3 is 4.57 Å². The standard InChI is InChI=1S/C49H30N2S/c1-3-12-32(13-4-1)40-29-42-39-26-24-36(49-50-43-27-25-35-23-22-34-17-8-10-20-38(34)47(35)48(43)52-49)28-45(39)51(44-21-11-18-31-16-7-9-19-37(31)44)46(42)30-41(40)33-14-5-2-6-15-33/h1-30H. The van der Waals surface area contributed by atoms with Gasteiger partial charge in [-0.3, -0.25) is 0 Å². The van der Waals surface area contributed by atoms with Crippen molar-refractivity contribution in [3.8, 4) is 38.5 Å². The lowest BCUT2D eigenvalue weighted by atomic mass is 9.92. The Bertz CT molecular complexity index is 3170. The lowest BCUT2D eigenvalue weighted by Crippen LogP contribution is -1.96. The SMILES string of the molecule is c1ccc(-c2cc3c4ccc(-c5nc6ccc7ccc8ccccc8c7c6s5)cc4n(-c4cccc5ccccc45)c3cc2-c2ccccc2)cc1. The van der Waals surface area contributed by atoms with Crippen LogP contribution in [0.3, 0.4) is 0 Å². The van der Waals surface area contributed by atoms with Gasteiger partial charge in [0.25, 0.3) is 0 Å². The second-order valence-electron chi connectivity index (χ2n) is 13.5. The Morgan fingerprint density at radius 1 is 0.404 bits per heavy atom. The van der Waals surface area contributed by atoms with E-state index in [2.05, 4.69) is 187 Å². The zero-order valence-electron chi connectivity index (χ0n) is 28.1. The molecule has 0 bridgehead atoms. The summed E-state index contributed by atoms with van der Waals surface area (Å²) >= 11 is 1.79. The summed E-state index contributed by atoms with van der Waals surface area (Å²) in [6, 6.07) is 66.2. The summed E-state index contributed by atoms with van der Waals surface area (Å²) in [7, 11) is 0. The molecule has 242 valence electrons. The smallest absolute Gasteiger partial charge is 0.124 e. The molecular weight excluding hydrogens is 649 g/mol. The van der Waals surface area contributed by atoms with Crippen molar-refractivity contribution in [1.29, 1.82) is 0 Å². The molecule has 0 spiro atoms. The fraction of sp³-hybridized carbons (Fsp3) is 0. The fourth-order valence-electron chi connectivity index (χ4n) is 8.17. The van der Waals surface area contributed by atoms with E-state index in [4.69, 9.17) is 4.98 Å². The van der Waals surface area contributed by atoms with Gasteiger partial charge in [0.2, 0.25) is 0 Å². The van der Waals surface area contributed by atoms with Crippen LogP contribution in [-0.4, -0.2) is 9.55 Å². The van der Waals surface area contributed by atoms with Crippen LogP contribution in [0.5, 0.6) is 0 Å². The largest absolute Gasteiger partial charge is 0.309 e. The maximum absolute atomic E-state index is 5.27. The van der Waals surface area contributed by atoms with E-state index < -0.39 is 0 Å². The summed E-state index contributed by atoms with van der Waals surface area (Å²) in [4.78, 5) is 5.27. The number of aromatic nitrogens is 2. The van der Waals surface area contributed by atoms with E-state index in [-0.39, 0.29) is 0 Å². The Morgan fingerprint density at radius 3 is 1.81 bits per heavy atom. The maximum Gasteiger partial charge on any atom is 0.124 e. The van der Waals surface area contributed by atoms with Crippen LogP contribution >= 0.6 is 11.3 Å². The monoisotopic (exact) mass is 678 g/mol. The van der Waals surface area contributed by atoms with Gasteiger partial charge in [0, 0.05) is 27.1 Å². The molecule has 2 heterocycles. The molecular formula is C49H30N2S. The third-order valence-corrected chi connectivity index (χ3v) is 11.7. The van der Waals surface area contributed by atoms with E-state index in [1.807, 2.05) is 0 Å². The van der Waals surface area contributed by atoms with Crippen molar-refractivity contribution < 1.29 is 0 Å². The van der Waals surface area contributed by atoms with E-state index in [0.717, 1.165) is 16.1 Å². The zero-order valence-corrected chi connectivity index (χ0v) is 28.9. The Labute approximate surface area is 304 Å². The van der Waals surface area contributed by atoms with Crippen LogP contribution in [0, 0.1) is 0 Å². The van der Waals surface area contributed by atoms with Crippen molar-refractivity contribution in [1.82, 2.24) is 9.55 Å². The summed E-state index contributed by atoms with van der Waals surface area (Å²) in [6.45, 7) is 0. The summed E-state index contributed by atoms with van der Waals surface area (Å²) in [5.74, 6) is 0. The lowest BCUT2D eigenvalue weighted by molar-refractivity contribution is 1.20. The minimum absolute atomic E-state index is 1.03. The maximum atomic E-state index is 5.27. The molecule has 11 aromatic rings. The number of thiazole rings is 1. The first-order valence-electron chi connectivity index (χ1n) is 17.7. The molecule has 11 rings (SSSR count). The Kier molecular flexibility index (Phi) is 6.46. The van der Waals surface area contributed by atoms with Crippen LogP contribution in [0.2, 0.25) is 0 Å². The quantitative estimate of drug-likeness (QED) is 0.169. The molecule has 0 radical (unpaired) electrons. The van der Waals surface area contributed by atoms with Crippen molar-refractivity contribution in [2.24, 2.45) is 0 Å². The second kappa shape index (κ2) is 11.5. The fourth-order valence-corrected chi connectivity index (χ4v) is 9.30. The molecule has 3 heteroatoms. The van der Waals surface area contributed by atoms with Crippen LogP contribution in [0.15, 0.2) is 182 Å². The first kappa shape index (κ1) is 29.2. The number of fused-ring (bicyclic) bond motifs is 9. The van der Waals surface area contributed by atoms with Gasteiger partial charge in [-0.05, 0) is 74.1 Å². The van der Waals surface area contributed by atoms with Gasteiger partial charge in [-0.2, -0.15) is 0 Å². The van der Waals surface area contributed by atoms with Crippen molar-refractivity contribution in [2.75, 3.05) is 0 Å². The third-order valence-electron chi connectivity index (χ3n) is 10.6. The summed E-state index contributed by atoms with van der Waals surface area (Å²) in [5, 5.41) is 11.0. The van der Waals surface area contributed by atoms with Gasteiger partial charge in [0.1, 0.15) is 5.01 Å². The highest BCUT2D eigenvalue weighted by molar-refractivity contribution is 7.22. The highest BCUT2D eigenvalue weighted by atomic mass is 32.1. The molecule has 0 amide bonds. The summed E-state index contributed by atoms with van der Waals surface area (Å²) in [6.07, 6.45) is 0. The van der Waals surface area contributed by atoms with E-state index in [0.29, 0.717) is 0 Å². The zero-order chi connectivity index (χ0) is 34.2. The average Bonchev–Trinajstić information content (AvgIpc) is 3.79. The van der Waals surface area contributed by atoms with Gasteiger partial charge in [0.05, 0.1) is 26.9 Å². The highest BCUT2D eigenvalue weighted by Gasteiger charge is 2.20. The molecule has 0 aliphatic rings. The average molecular weight is 679 g/mol. The van der Waals surface area contributed by atoms with Crippen LogP contribution in [0.1, 0.15) is 0 Å². The van der Waals surface area contributed by atoms with Crippen molar-refractivity contribution in [2.45, 2.75) is 0 Å². The molecule has 52 heavy (non-hydrogen) atoms. The molecule has 0 aliphatic heterocycles. The third kappa shape index (κ3) is 4.46.